The maximum absolute atomic E-state index is 12.1. The molecule has 23 heavy (non-hydrogen) atoms. The normalized spacial score (nSPS) is 13.3. The smallest absolute Gasteiger partial charge is 0.249 e. The summed E-state index contributed by atoms with van der Waals surface area (Å²) in [6.07, 6.45) is 5.49. The zero-order valence-electron chi connectivity index (χ0n) is 13.4. The van der Waals surface area contributed by atoms with Crippen molar-refractivity contribution in [2.75, 3.05) is 6.61 Å². The molecule has 0 aliphatic rings. The lowest BCUT2D eigenvalue weighted by Gasteiger charge is -2.16. The number of carbonyl (C=O) groups excluding carboxylic acids is 1. The van der Waals surface area contributed by atoms with Crippen molar-refractivity contribution >= 4 is 17.2 Å². The van der Waals surface area contributed by atoms with E-state index in [1.54, 1.807) is 25.4 Å². The molecule has 0 spiro atoms. The van der Waals surface area contributed by atoms with Gasteiger partial charge in [0.2, 0.25) is 5.91 Å². The fraction of sp³-hybridized carbons (Fsp3) is 0.353. The van der Waals surface area contributed by atoms with Crippen LogP contribution in [0.15, 0.2) is 42.6 Å². The molecule has 6 heteroatoms. The highest BCUT2D eigenvalue weighted by atomic mass is 32.1. The van der Waals surface area contributed by atoms with Gasteiger partial charge in [-0.1, -0.05) is 6.08 Å². The van der Waals surface area contributed by atoms with E-state index in [0.717, 1.165) is 22.7 Å². The summed E-state index contributed by atoms with van der Waals surface area (Å²) in [5, 5.41) is 5.78. The summed E-state index contributed by atoms with van der Waals surface area (Å²) in [6, 6.07) is 3.67. The van der Waals surface area contributed by atoms with Crippen molar-refractivity contribution in [3.05, 3.63) is 47.6 Å². The Balaban J connectivity index is 1.93. The Kier molecular flexibility index (Phi) is 6.43. The van der Waals surface area contributed by atoms with Crippen LogP contribution in [0.4, 0.5) is 0 Å². The van der Waals surface area contributed by atoms with E-state index in [2.05, 4.69) is 21.9 Å². The molecule has 0 saturated heterocycles. The Morgan fingerprint density at radius 2 is 2.17 bits per heavy atom. The summed E-state index contributed by atoms with van der Waals surface area (Å²) in [7, 11) is 0. The number of hydrogen-bond donors (Lipinski definition) is 1. The molecule has 1 amide bonds. The molecule has 2 aromatic rings. The van der Waals surface area contributed by atoms with Gasteiger partial charge in [0.25, 0.3) is 0 Å². The molecule has 0 radical (unpaired) electrons. The number of aromatic nitrogens is 2. The van der Waals surface area contributed by atoms with E-state index in [9.17, 15) is 4.79 Å². The zero-order chi connectivity index (χ0) is 16.7. The van der Waals surface area contributed by atoms with Gasteiger partial charge in [0.15, 0.2) is 0 Å². The summed E-state index contributed by atoms with van der Waals surface area (Å²) < 4.78 is 5.45. The highest BCUT2D eigenvalue weighted by molar-refractivity contribution is 7.10. The van der Waals surface area contributed by atoms with E-state index in [1.165, 1.54) is 11.3 Å². The van der Waals surface area contributed by atoms with Crippen molar-refractivity contribution < 1.29 is 9.53 Å². The molecule has 0 bridgehead atoms. The van der Waals surface area contributed by atoms with E-state index < -0.39 is 6.10 Å². The van der Waals surface area contributed by atoms with Gasteiger partial charge in [-0.15, -0.1) is 17.9 Å². The van der Waals surface area contributed by atoms with E-state index in [1.807, 2.05) is 24.4 Å². The van der Waals surface area contributed by atoms with Crippen LogP contribution in [-0.4, -0.2) is 28.6 Å². The van der Waals surface area contributed by atoms with Gasteiger partial charge >= 0.3 is 0 Å². The maximum Gasteiger partial charge on any atom is 0.249 e. The van der Waals surface area contributed by atoms with Crippen molar-refractivity contribution in [1.82, 2.24) is 15.3 Å². The molecule has 1 N–H and O–H groups in total. The Hall–Kier alpha value is -2.05. The molecule has 0 aliphatic carbocycles. The lowest BCUT2D eigenvalue weighted by atomic mass is 10.2. The molecule has 2 unspecified atom stereocenters. The average molecular weight is 331 g/mol. The van der Waals surface area contributed by atoms with Crippen LogP contribution in [0, 0.1) is 0 Å². The zero-order valence-corrected chi connectivity index (χ0v) is 14.2. The first-order valence-corrected chi connectivity index (χ1v) is 8.38. The Morgan fingerprint density at radius 3 is 2.87 bits per heavy atom. The van der Waals surface area contributed by atoms with Gasteiger partial charge in [-0.25, -0.2) is 4.98 Å². The highest BCUT2D eigenvalue weighted by Gasteiger charge is 2.18. The fourth-order valence-corrected chi connectivity index (χ4v) is 2.77. The number of carbonyl (C=O) groups is 1. The number of amides is 1. The molecule has 0 aromatic carbocycles. The second kappa shape index (κ2) is 8.55. The second-order valence-corrected chi connectivity index (χ2v) is 6.02. The lowest BCUT2D eigenvalue weighted by molar-refractivity contribution is -0.132. The second-order valence-electron chi connectivity index (χ2n) is 5.13. The number of ether oxygens (including phenoxy) is 1. The highest BCUT2D eigenvalue weighted by Crippen LogP contribution is 2.25. The largest absolute Gasteiger partial charge is 0.368 e. The van der Waals surface area contributed by atoms with Crippen molar-refractivity contribution in [2.24, 2.45) is 0 Å². The summed E-state index contributed by atoms with van der Waals surface area (Å²) in [6.45, 7) is 7.79. The minimum Gasteiger partial charge on any atom is -0.368 e. The molecule has 0 fully saturated rings. The average Bonchev–Trinajstić information content (AvgIpc) is 3.06. The first-order valence-electron chi connectivity index (χ1n) is 7.50. The number of rotatable bonds is 8. The van der Waals surface area contributed by atoms with Crippen molar-refractivity contribution in [1.29, 1.82) is 0 Å². The quantitative estimate of drug-likeness (QED) is 0.595. The monoisotopic (exact) mass is 331 g/mol. The topological polar surface area (TPSA) is 64.1 Å². The van der Waals surface area contributed by atoms with Gasteiger partial charge in [0, 0.05) is 23.3 Å². The first kappa shape index (κ1) is 17.3. The fourth-order valence-electron chi connectivity index (χ4n) is 1.94. The maximum atomic E-state index is 12.1. The summed E-state index contributed by atoms with van der Waals surface area (Å²) in [5.74, 6) is -0.137. The summed E-state index contributed by atoms with van der Waals surface area (Å²) >= 11 is 1.53. The van der Waals surface area contributed by atoms with E-state index in [-0.39, 0.29) is 11.9 Å². The predicted octanol–water partition coefficient (Wildman–Crippen LogP) is 3.36. The summed E-state index contributed by atoms with van der Waals surface area (Å²) in [5.41, 5.74) is 1.91. The molecule has 2 atom stereocenters. The van der Waals surface area contributed by atoms with E-state index in [0.29, 0.717) is 6.61 Å². The van der Waals surface area contributed by atoms with Gasteiger partial charge in [0.05, 0.1) is 18.3 Å². The van der Waals surface area contributed by atoms with Crippen LogP contribution >= 0.6 is 11.3 Å². The first-order chi connectivity index (χ1) is 11.1. The van der Waals surface area contributed by atoms with Crippen molar-refractivity contribution in [3.8, 4) is 11.3 Å². The van der Waals surface area contributed by atoms with Gasteiger partial charge in [-0.05, 0) is 32.4 Å². The third-order valence-corrected chi connectivity index (χ3v) is 4.31. The molecule has 5 nitrogen and oxygen atoms in total. The number of pyridine rings is 1. The van der Waals surface area contributed by atoms with Gasteiger partial charge in [-0.2, -0.15) is 0 Å². The van der Waals surface area contributed by atoms with E-state index in [4.69, 9.17) is 4.74 Å². The van der Waals surface area contributed by atoms with Crippen molar-refractivity contribution in [3.63, 3.8) is 0 Å². The van der Waals surface area contributed by atoms with Crippen LogP contribution in [0.25, 0.3) is 11.3 Å². The van der Waals surface area contributed by atoms with Crippen LogP contribution < -0.4 is 5.32 Å². The molecule has 2 heterocycles. The van der Waals surface area contributed by atoms with E-state index >= 15 is 0 Å². The Bertz CT molecular complexity index is 642. The number of thiazole rings is 1. The number of nitrogens with zero attached hydrogens (tertiary/aromatic N) is 2. The van der Waals surface area contributed by atoms with Gasteiger partial charge in [-0.3, -0.25) is 9.78 Å². The standard InChI is InChI=1S/C17H21N3O2S/c1-4-5-10-22-13(3)16(21)19-12(2)17-20-15(11-23-17)14-6-8-18-9-7-14/h4,6-9,11-13H,1,5,10H2,2-3H3,(H,19,21). The molecule has 0 saturated carbocycles. The van der Waals surface area contributed by atoms with Gasteiger partial charge < -0.3 is 10.1 Å². The van der Waals surface area contributed by atoms with Crippen molar-refractivity contribution in [2.45, 2.75) is 32.4 Å². The predicted molar refractivity (Wildman–Crippen MR) is 92.1 cm³/mol. The summed E-state index contributed by atoms with van der Waals surface area (Å²) in [4.78, 5) is 20.7. The van der Waals surface area contributed by atoms with Crippen LogP contribution in [0.5, 0.6) is 0 Å². The molecular weight excluding hydrogens is 310 g/mol. The molecule has 0 aliphatic heterocycles. The Labute approximate surface area is 140 Å². The SMILES string of the molecule is C=CCCOC(C)C(=O)NC(C)c1nc(-c2ccncc2)cs1. The Morgan fingerprint density at radius 1 is 1.43 bits per heavy atom. The minimum atomic E-state index is -0.489. The van der Waals surface area contributed by atoms with Crippen LogP contribution in [0.3, 0.4) is 0 Å². The molecule has 2 rings (SSSR count). The van der Waals surface area contributed by atoms with Crippen LogP contribution in [-0.2, 0) is 9.53 Å². The third-order valence-electron chi connectivity index (χ3n) is 3.29. The van der Waals surface area contributed by atoms with Crippen LogP contribution in [0.2, 0.25) is 0 Å². The molecule has 122 valence electrons. The minimum absolute atomic E-state index is 0.137. The molecule has 2 aromatic heterocycles. The number of nitrogens with one attached hydrogen (secondary N) is 1. The third kappa shape index (κ3) is 4.97. The lowest BCUT2D eigenvalue weighted by Crippen LogP contribution is -2.36. The number of hydrogen-bond acceptors (Lipinski definition) is 5. The van der Waals surface area contributed by atoms with Gasteiger partial charge in [0.1, 0.15) is 11.1 Å². The van der Waals surface area contributed by atoms with Crippen LogP contribution in [0.1, 0.15) is 31.3 Å². The molecular formula is C17H21N3O2S.